The van der Waals surface area contributed by atoms with E-state index in [1.807, 2.05) is 6.92 Å². The van der Waals surface area contributed by atoms with Gasteiger partial charge < -0.3 is 5.32 Å². The lowest BCUT2D eigenvalue weighted by molar-refractivity contribution is -0.134. The number of nitrogens with zero attached hydrogens (tertiary/aromatic N) is 2. The number of carbonyl (C=O) groups is 2. The van der Waals surface area contributed by atoms with Crippen LogP contribution in [0.1, 0.15) is 19.5 Å². The molecule has 5 nitrogen and oxygen atoms in total. The maximum Gasteiger partial charge on any atom is 0.252 e. The smallest absolute Gasteiger partial charge is 0.252 e. The van der Waals surface area contributed by atoms with E-state index < -0.39 is 5.54 Å². The molecule has 1 aromatic rings. The molecule has 5 heteroatoms. The predicted molar refractivity (Wildman–Crippen MR) is 63.5 cm³/mol. The van der Waals surface area contributed by atoms with Crippen LogP contribution in [0.2, 0.25) is 0 Å². The van der Waals surface area contributed by atoms with Gasteiger partial charge in [0.15, 0.2) is 0 Å². The maximum absolute atomic E-state index is 12.2. The monoisotopic (exact) mass is 233 g/mol. The van der Waals surface area contributed by atoms with E-state index in [1.54, 1.807) is 32.2 Å². The van der Waals surface area contributed by atoms with E-state index in [0.717, 1.165) is 5.69 Å². The number of hydrogen-bond donors (Lipinski definition) is 1. The summed E-state index contributed by atoms with van der Waals surface area (Å²) in [4.78, 5) is 29.4. The molecule has 0 bridgehead atoms. The Balaban J connectivity index is 2.42. The number of anilines is 1. The molecule has 2 amide bonds. The lowest BCUT2D eigenvalue weighted by atomic mass is 10.00. The van der Waals surface area contributed by atoms with Crippen LogP contribution in [-0.2, 0) is 9.59 Å². The maximum atomic E-state index is 12.2. The van der Waals surface area contributed by atoms with Gasteiger partial charge in [-0.3, -0.25) is 19.5 Å². The van der Waals surface area contributed by atoms with Crippen LogP contribution in [0.25, 0.3) is 0 Å². The van der Waals surface area contributed by atoms with E-state index >= 15 is 0 Å². The first-order chi connectivity index (χ1) is 7.92. The van der Waals surface area contributed by atoms with E-state index in [2.05, 4.69) is 10.3 Å². The molecular weight excluding hydrogens is 218 g/mol. The number of pyridine rings is 1. The molecule has 1 aliphatic heterocycles. The van der Waals surface area contributed by atoms with Crippen LogP contribution in [0, 0.1) is 6.92 Å². The molecule has 1 aliphatic rings. The molecule has 2 heterocycles. The van der Waals surface area contributed by atoms with Crippen LogP contribution in [0.5, 0.6) is 0 Å². The third-order valence-electron chi connectivity index (χ3n) is 2.80. The average Bonchev–Trinajstić information content (AvgIpc) is 2.24. The minimum Gasteiger partial charge on any atom is -0.341 e. The Morgan fingerprint density at radius 3 is 2.76 bits per heavy atom. The molecule has 0 aliphatic carbocycles. The van der Waals surface area contributed by atoms with Gasteiger partial charge in [0.2, 0.25) is 5.91 Å². The number of amides is 2. The molecule has 0 spiro atoms. The molecular formula is C12H15N3O2. The first kappa shape index (κ1) is 11.6. The van der Waals surface area contributed by atoms with E-state index in [-0.39, 0.29) is 18.4 Å². The first-order valence-corrected chi connectivity index (χ1v) is 5.46. The second-order valence-electron chi connectivity index (χ2n) is 4.67. The Morgan fingerprint density at radius 2 is 2.12 bits per heavy atom. The van der Waals surface area contributed by atoms with Crippen LogP contribution in [-0.4, -0.2) is 28.9 Å². The Kier molecular flexibility index (Phi) is 2.61. The highest BCUT2D eigenvalue weighted by Crippen LogP contribution is 2.23. The number of piperazine rings is 1. The Hall–Kier alpha value is -1.91. The fourth-order valence-corrected chi connectivity index (χ4v) is 1.95. The molecule has 90 valence electrons. The van der Waals surface area contributed by atoms with Crippen LogP contribution in [0.4, 0.5) is 5.69 Å². The number of nitrogens with one attached hydrogen (secondary N) is 1. The lowest BCUT2D eigenvalue weighted by Crippen LogP contribution is -2.64. The molecule has 0 unspecified atom stereocenters. The third-order valence-corrected chi connectivity index (χ3v) is 2.80. The number of aromatic nitrogens is 1. The zero-order valence-corrected chi connectivity index (χ0v) is 10.2. The molecule has 1 fully saturated rings. The summed E-state index contributed by atoms with van der Waals surface area (Å²) in [5, 5.41) is 2.67. The van der Waals surface area contributed by atoms with Gasteiger partial charge in [0.05, 0.1) is 11.4 Å². The topological polar surface area (TPSA) is 62.3 Å². The van der Waals surface area contributed by atoms with E-state index in [0.29, 0.717) is 5.69 Å². The minimum atomic E-state index is -0.863. The van der Waals surface area contributed by atoms with Crippen molar-refractivity contribution in [3.05, 3.63) is 24.0 Å². The largest absolute Gasteiger partial charge is 0.341 e. The second kappa shape index (κ2) is 3.84. The van der Waals surface area contributed by atoms with Crippen molar-refractivity contribution in [2.45, 2.75) is 26.3 Å². The van der Waals surface area contributed by atoms with Crippen molar-refractivity contribution >= 4 is 17.5 Å². The van der Waals surface area contributed by atoms with Gasteiger partial charge in [0, 0.05) is 6.20 Å². The fraction of sp³-hybridized carbons (Fsp3) is 0.417. The Morgan fingerprint density at radius 1 is 1.41 bits per heavy atom. The summed E-state index contributed by atoms with van der Waals surface area (Å²) in [6.45, 7) is 5.27. The number of rotatable bonds is 1. The van der Waals surface area contributed by atoms with E-state index in [4.69, 9.17) is 0 Å². The molecule has 0 aromatic carbocycles. The van der Waals surface area contributed by atoms with Gasteiger partial charge in [-0.25, -0.2) is 0 Å². The summed E-state index contributed by atoms with van der Waals surface area (Å²) in [7, 11) is 0. The van der Waals surface area contributed by atoms with Crippen molar-refractivity contribution in [2.24, 2.45) is 0 Å². The lowest BCUT2D eigenvalue weighted by Gasteiger charge is -2.37. The molecule has 2 rings (SSSR count). The highest BCUT2D eigenvalue weighted by molar-refractivity contribution is 6.08. The Bertz CT molecular complexity index is 482. The first-order valence-electron chi connectivity index (χ1n) is 5.46. The highest BCUT2D eigenvalue weighted by Gasteiger charge is 2.40. The zero-order valence-electron chi connectivity index (χ0n) is 10.2. The van der Waals surface area contributed by atoms with Crippen LogP contribution in [0.15, 0.2) is 18.3 Å². The third kappa shape index (κ3) is 2.00. The van der Waals surface area contributed by atoms with Crippen molar-refractivity contribution in [2.75, 3.05) is 11.4 Å². The SMILES string of the molecule is Cc1ncccc1N1CC(=O)NC(C)(C)C1=O. The number of hydrogen-bond acceptors (Lipinski definition) is 3. The fourth-order valence-electron chi connectivity index (χ4n) is 1.95. The van der Waals surface area contributed by atoms with Crippen LogP contribution >= 0.6 is 0 Å². The average molecular weight is 233 g/mol. The minimum absolute atomic E-state index is 0.0504. The highest BCUT2D eigenvalue weighted by atomic mass is 16.2. The van der Waals surface area contributed by atoms with Gasteiger partial charge in [-0.15, -0.1) is 0 Å². The molecule has 0 atom stereocenters. The Labute approximate surface area is 99.8 Å². The molecule has 1 N–H and O–H groups in total. The second-order valence-corrected chi connectivity index (χ2v) is 4.67. The van der Waals surface area contributed by atoms with Crippen molar-refractivity contribution in [3.8, 4) is 0 Å². The van der Waals surface area contributed by atoms with E-state index in [9.17, 15) is 9.59 Å². The normalized spacial score (nSPS) is 19.1. The number of aryl methyl sites for hydroxylation is 1. The van der Waals surface area contributed by atoms with Gasteiger partial charge in [-0.1, -0.05) is 0 Å². The van der Waals surface area contributed by atoms with Crippen LogP contribution < -0.4 is 10.2 Å². The summed E-state index contributed by atoms with van der Waals surface area (Å²) in [6, 6.07) is 3.56. The van der Waals surface area contributed by atoms with E-state index in [1.165, 1.54) is 4.90 Å². The predicted octanol–water partition coefficient (Wildman–Crippen LogP) is 0.631. The molecule has 0 saturated carbocycles. The molecule has 1 aromatic heterocycles. The molecule has 0 radical (unpaired) electrons. The van der Waals surface area contributed by atoms with Crippen LogP contribution in [0.3, 0.4) is 0 Å². The van der Waals surface area contributed by atoms with Crippen molar-refractivity contribution in [1.29, 1.82) is 0 Å². The summed E-state index contributed by atoms with van der Waals surface area (Å²) in [5.41, 5.74) is 0.573. The zero-order chi connectivity index (χ0) is 12.6. The quantitative estimate of drug-likeness (QED) is 0.774. The summed E-state index contributed by atoms with van der Waals surface area (Å²) in [6.07, 6.45) is 1.67. The van der Waals surface area contributed by atoms with Gasteiger partial charge in [-0.2, -0.15) is 0 Å². The summed E-state index contributed by atoms with van der Waals surface area (Å²) in [5.74, 6) is -0.272. The van der Waals surface area contributed by atoms with Crippen molar-refractivity contribution < 1.29 is 9.59 Å². The summed E-state index contributed by atoms with van der Waals surface area (Å²) >= 11 is 0. The number of carbonyl (C=O) groups excluding carboxylic acids is 2. The van der Waals surface area contributed by atoms with Crippen molar-refractivity contribution in [3.63, 3.8) is 0 Å². The molecule has 17 heavy (non-hydrogen) atoms. The summed E-state index contributed by atoms with van der Waals surface area (Å²) < 4.78 is 0. The van der Waals surface area contributed by atoms with Gasteiger partial charge in [0.1, 0.15) is 12.1 Å². The van der Waals surface area contributed by atoms with Gasteiger partial charge in [0.25, 0.3) is 5.91 Å². The standard InChI is InChI=1S/C12H15N3O2/c1-8-9(5-4-6-13-8)15-7-10(16)14-12(2,3)11(15)17/h4-6H,7H2,1-3H3,(H,14,16). The van der Waals surface area contributed by atoms with Gasteiger partial charge >= 0.3 is 0 Å². The van der Waals surface area contributed by atoms with Gasteiger partial charge in [-0.05, 0) is 32.9 Å². The molecule has 1 saturated heterocycles. The van der Waals surface area contributed by atoms with Crippen molar-refractivity contribution in [1.82, 2.24) is 10.3 Å².